The highest BCUT2D eigenvalue weighted by Gasteiger charge is 2.46. The van der Waals surface area contributed by atoms with E-state index in [0.29, 0.717) is 31.8 Å². The molecule has 122 valence electrons. The lowest BCUT2D eigenvalue weighted by Crippen LogP contribution is -2.53. The highest BCUT2D eigenvalue weighted by Crippen LogP contribution is 2.36. The molecule has 0 bridgehead atoms. The van der Waals surface area contributed by atoms with E-state index in [1.165, 1.54) is 6.26 Å². The van der Waals surface area contributed by atoms with Gasteiger partial charge in [0, 0.05) is 25.7 Å². The van der Waals surface area contributed by atoms with Gasteiger partial charge in [0.15, 0.2) is 0 Å². The molecule has 2 aliphatic rings. The van der Waals surface area contributed by atoms with Crippen LogP contribution >= 0.6 is 0 Å². The van der Waals surface area contributed by atoms with Crippen molar-refractivity contribution in [1.29, 1.82) is 0 Å². The van der Waals surface area contributed by atoms with Crippen LogP contribution in [0.1, 0.15) is 33.1 Å². The summed E-state index contributed by atoms with van der Waals surface area (Å²) < 4.78 is 25.2. The lowest BCUT2D eigenvalue weighted by atomic mass is 9.75. The molecular weight excluding hydrogens is 290 g/mol. The van der Waals surface area contributed by atoms with E-state index in [9.17, 15) is 13.2 Å². The molecule has 2 aliphatic heterocycles. The number of nitrogens with zero attached hydrogens (tertiary/aromatic N) is 1. The summed E-state index contributed by atoms with van der Waals surface area (Å²) in [4.78, 5) is 14.8. The maximum Gasteiger partial charge on any atom is 0.230 e. The Morgan fingerprint density at radius 2 is 1.95 bits per heavy atom. The van der Waals surface area contributed by atoms with E-state index in [1.807, 2.05) is 4.90 Å². The molecule has 2 fully saturated rings. The van der Waals surface area contributed by atoms with Crippen LogP contribution in [0.5, 0.6) is 0 Å². The number of carbonyl (C=O) groups excluding carboxylic acids is 1. The molecule has 21 heavy (non-hydrogen) atoms. The Balaban J connectivity index is 1.97. The fraction of sp³-hybridized carbons (Fsp3) is 0.929. The van der Waals surface area contributed by atoms with E-state index < -0.39 is 10.0 Å². The number of hydrogen-bond donors (Lipinski definition) is 2. The molecule has 2 heterocycles. The molecule has 6 nitrogen and oxygen atoms in total. The number of amides is 1. The summed E-state index contributed by atoms with van der Waals surface area (Å²) in [7, 11) is -3.17. The Bertz CT molecular complexity index is 476. The standard InChI is InChI=1S/C14H27N3O3S/c1-11(2)14(6-7-15-10-14)13(18)17-8-4-12(5-9-17)16-21(3,19)20/h11-12,15-16H,4-10H2,1-3H3. The number of carbonyl (C=O) groups is 1. The van der Waals surface area contributed by atoms with Gasteiger partial charge in [-0.05, 0) is 31.7 Å². The minimum atomic E-state index is -3.17. The number of sulfonamides is 1. The lowest BCUT2D eigenvalue weighted by Gasteiger charge is -2.40. The first-order valence-electron chi connectivity index (χ1n) is 7.72. The largest absolute Gasteiger partial charge is 0.342 e. The Labute approximate surface area is 127 Å². The van der Waals surface area contributed by atoms with E-state index in [-0.39, 0.29) is 17.4 Å². The van der Waals surface area contributed by atoms with Crippen molar-refractivity contribution in [1.82, 2.24) is 14.9 Å². The monoisotopic (exact) mass is 317 g/mol. The Morgan fingerprint density at radius 3 is 2.38 bits per heavy atom. The summed E-state index contributed by atoms with van der Waals surface area (Å²) in [5, 5.41) is 3.32. The number of nitrogens with one attached hydrogen (secondary N) is 2. The van der Waals surface area contributed by atoms with Crippen molar-refractivity contribution in [2.45, 2.75) is 39.2 Å². The van der Waals surface area contributed by atoms with E-state index in [0.717, 1.165) is 19.5 Å². The molecule has 0 aromatic heterocycles. The quantitative estimate of drug-likeness (QED) is 0.774. The minimum Gasteiger partial charge on any atom is -0.342 e. The van der Waals surface area contributed by atoms with E-state index >= 15 is 0 Å². The Kier molecular flexibility index (Phi) is 4.95. The number of piperidine rings is 1. The van der Waals surface area contributed by atoms with Gasteiger partial charge in [-0.15, -0.1) is 0 Å². The normalized spacial score (nSPS) is 28.3. The van der Waals surface area contributed by atoms with Crippen molar-refractivity contribution in [2.24, 2.45) is 11.3 Å². The highest BCUT2D eigenvalue weighted by atomic mass is 32.2. The van der Waals surface area contributed by atoms with Crippen LogP contribution in [0.2, 0.25) is 0 Å². The average Bonchev–Trinajstić information content (AvgIpc) is 2.87. The van der Waals surface area contributed by atoms with Gasteiger partial charge >= 0.3 is 0 Å². The van der Waals surface area contributed by atoms with Gasteiger partial charge < -0.3 is 10.2 Å². The molecule has 0 spiro atoms. The second-order valence-corrected chi connectivity index (χ2v) is 8.47. The summed E-state index contributed by atoms with van der Waals surface area (Å²) in [6.45, 7) is 7.16. The Morgan fingerprint density at radius 1 is 1.33 bits per heavy atom. The van der Waals surface area contributed by atoms with Crippen LogP contribution in [-0.2, 0) is 14.8 Å². The van der Waals surface area contributed by atoms with Gasteiger partial charge in [0.05, 0.1) is 11.7 Å². The molecule has 2 saturated heterocycles. The zero-order valence-corrected chi connectivity index (χ0v) is 14.0. The van der Waals surface area contributed by atoms with Gasteiger partial charge in [-0.3, -0.25) is 4.79 Å². The summed E-state index contributed by atoms with van der Waals surface area (Å²) in [6, 6.07) is -0.0410. The number of hydrogen-bond acceptors (Lipinski definition) is 4. The first-order chi connectivity index (χ1) is 9.74. The van der Waals surface area contributed by atoms with Crippen LogP contribution in [0.25, 0.3) is 0 Å². The SMILES string of the molecule is CC(C)C1(C(=O)N2CCC(NS(C)(=O)=O)CC2)CCNC1. The van der Waals surface area contributed by atoms with Gasteiger partial charge in [-0.2, -0.15) is 0 Å². The predicted molar refractivity (Wildman–Crippen MR) is 82.3 cm³/mol. The fourth-order valence-corrected chi connectivity index (χ4v) is 4.29. The van der Waals surface area contributed by atoms with E-state index in [2.05, 4.69) is 23.9 Å². The number of rotatable bonds is 4. The van der Waals surface area contributed by atoms with Gasteiger partial charge in [-0.1, -0.05) is 13.8 Å². The third-order valence-electron chi connectivity index (χ3n) is 4.88. The van der Waals surface area contributed by atoms with Crippen LogP contribution in [0, 0.1) is 11.3 Å². The molecule has 0 aromatic rings. The third kappa shape index (κ3) is 3.76. The zero-order valence-electron chi connectivity index (χ0n) is 13.2. The highest BCUT2D eigenvalue weighted by molar-refractivity contribution is 7.88. The van der Waals surface area contributed by atoms with Crippen LogP contribution < -0.4 is 10.0 Å². The second kappa shape index (κ2) is 6.22. The molecule has 2 rings (SSSR count). The molecule has 0 radical (unpaired) electrons. The van der Waals surface area contributed by atoms with Crippen molar-refractivity contribution in [2.75, 3.05) is 32.4 Å². The summed E-state index contributed by atoms with van der Waals surface area (Å²) in [6.07, 6.45) is 3.47. The van der Waals surface area contributed by atoms with Gasteiger partial charge in [-0.25, -0.2) is 13.1 Å². The van der Waals surface area contributed by atoms with E-state index in [4.69, 9.17) is 0 Å². The van der Waals surface area contributed by atoms with Crippen molar-refractivity contribution in [3.05, 3.63) is 0 Å². The van der Waals surface area contributed by atoms with Crippen LogP contribution in [0.3, 0.4) is 0 Å². The maximum absolute atomic E-state index is 12.9. The van der Waals surface area contributed by atoms with Gasteiger partial charge in [0.1, 0.15) is 0 Å². The first-order valence-corrected chi connectivity index (χ1v) is 9.61. The van der Waals surface area contributed by atoms with Crippen molar-refractivity contribution < 1.29 is 13.2 Å². The molecule has 0 aromatic carbocycles. The summed E-state index contributed by atoms with van der Waals surface area (Å²) in [5.74, 6) is 0.548. The molecule has 1 atom stereocenters. The van der Waals surface area contributed by atoms with Crippen molar-refractivity contribution in [3.63, 3.8) is 0 Å². The molecular formula is C14H27N3O3S. The Hall–Kier alpha value is -0.660. The van der Waals surface area contributed by atoms with Gasteiger partial charge in [0.25, 0.3) is 0 Å². The molecule has 0 saturated carbocycles. The van der Waals surface area contributed by atoms with Crippen LogP contribution in [0.4, 0.5) is 0 Å². The smallest absolute Gasteiger partial charge is 0.230 e. The average molecular weight is 317 g/mol. The van der Waals surface area contributed by atoms with Crippen molar-refractivity contribution in [3.8, 4) is 0 Å². The third-order valence-corrected chi connectivity index (χ3v) is 5.64. The topological polar surface area (TPSA) is 78.5 Å². The zero-order chi connectivity index (χ0) is 15.7. The maximum atomic E-state index is 12.9. The fourth-order valence-electron chi connectivity index (χ4n) is 3.45. The lowest BCUT2D eigenvalue weighted by molar-refractivity contribution is -0.144. The minimum absolute atomic E-state index is 0.0410. The molecule has 2 N–H and O–H groups in total. The molecule has 0 aliphatic carbocycles. The number of likely N-dealkylation sites (tertiary alicyclic amines) is 1. The van der Waals surface area contributed by atoms with Gasteiger partial charge in [0.2, 0.25) is 15.9 Å². The summed E-state index contributed by atoms with van der Waals surface area (Å²) in [5.41, 5.74) is -0.281. The molecule has 1 unspecified atom stereocenters. The summed E-state index contributed by atoms with van der Waals surface area (Å²) >= 11 is 0. The predicted octanol–water partition coefficient (Wildman–Crippen LogP) is 0.162. The van der Waals surface area contributed by atoms with Crippen molar-refractivity contribution >= 4 is 15.9 Å². The molecule has 1 amide bonds. The van der Waals surface area contributed by atoms with Crippen LogP contribution in [0.15, 0.2) is 0 Å². The molecule has 7 heteroatoms. The van der Waals surface area contributed by atoms with Crippen LogP contribution in [-0.4, -0.2) is 57.7 Å². The second-order valence-electron chi connectivity index (χ2n) is 6.69. The first kappa shape index (κ1) is 16.7. The van der Waals surface area contributed by atoms with E-state index in [1.54, 1.807) is 0 Å².